The van der Waals surface area contributed by atoms with Gasteiger partial charge in [0.15, 0.2) is 5.78 Å². The van der Waals surface area contributed by atoms with Crippen molar-refractivity contribution in [3.8, 4) is 5.75 Å². The molecule has 1 aliphatic rings. The average molecular weight is 403 g/mol. The molecule has 1 aliphatic carbocycles. The first-order valence-electron chi connectivity index (χ1n) is 10.2. The molecule has 0 aliphatic heterocycles. The molecule has 30 heavy (non-hydrogen) atoms. The lowest BCUT2D eigenvalue weighted by molar-refractivity contribution is 0.0502. The van der Waals surface area contributed by atoms with Gasteiger partial charge in [-0.25, -0.2) is 4.79 Å². The normalized spacial score (nSPS) is 15.5. The smallest absolute Gasteiger partial charge is 0.355 e. The first kappa shape index (κ1) is 20.0. The number of ketones is 1. The van der Waals surface area contributed by atoms with Crippen LogP contribution in [0.25, 0.3) is 0 Å². The van der Waals surface area contributed by atoms with E-state index in [2.05, 4.69) is 4.98 Å². The Morgan fingerprint density at radius 1 is 1.07 bits per heavy atom. The fourth-order valence-corrected chi connectivity index (χ4v) is 4.13. The topological polar surface area (TPSA) is 68.4 Å². The number of ether oxygens (including phenoxy) is 2. The molecule has 0 amide bonds. The number of benzene rings is 2. The number of aromatic nitrogens is 1. The van der Waals surface area contributed by atoms with Crippen LogP contribution < -0.4 is 4.74 Å². The molecular weight excluding hydrogens is 378 g/mol. The molecule has 0 saturated carbocycles. The summed E-state index contributed by atoms with van der Waals surface area (Å²) in [7, 11) is 1.63. The van der Waals surface area contributed by atoms with Gasteiger partial charge in [-0.05, 0) is 48.1 Å². The van der Waals surface area contributed by atoms with Crippen molar-refractivity contribution in [3.05, 3.63) is 88.2 Å². The number of hydrogen-bond acceptors (Lipinski definition) is 4. The van der Waals surface area contributed by atoms with Gasteiger partial charge in [-0.1, -0.05) is 42.5 Å². The number of hydrogen-bond donors (Lipinski definition) is 1. The highest BCUT2D eigenvalue weighted by atomic mass is 16.5. The molecule has 5 nitrogen and oxygen atoms in total. The Balaban J connectivity index is 1.47. The number of H-pyrrole nitrogens is 1. The molecule has 4 rings (SSSR count). The number of esters is 1. The summed E-state index contributed by atoms with van der Waals surface area (Å²) >= 11 is 0. The fourth-order valence-electron chi connectivity index (χ4n) is 4.13. The first-order valence-corrected chi connectivity index (χ1v) is 10.2. The summed E-state index contributed by atoms with van der Waals surface area (Å²) in [4.78, 5) is 28.7. The van der Waals surface area contributed by atoms with Crippen LogP contribution in [-0.2, 0) is 17.6 Å². The van der Waals surface area contributed by atoms with Crippen LogP contribution in [0.2, 0.25) is 0 Å². The maximum Gasteiger partial charge on any atom is 0.355 e. The van der Waals surface area contributed by atoms with E-state index in [1.807, 2.05) is 61.5 Å². The van der Waals surface area contributed by atoms with E-state index in [0.29, 0.717) is 42.7 Å². The zero-order valence-corrected chi connectivity index (χ0v) is 17.2. The molecule has 1 aromatic heterocycles. The van der Waals surface area contributed by atoms with Crippen molar-refractivity contribution in [1.29, 1.82) is 0 Å². The lowest BCUT2D eigenvalue weighted by atomic mass is 9.81. The average Bonchev–Trinajstić information content (AvgIpc) is 3.11. The van der Waals surface area contributed by atoms with Crippen LogP contribution >= 0.6 is 0 Å². The van der Waals surface area contributed by atoms with Crippen molar-refractivity contribution in [2.24, 2.45) is 0 Å². The molecule has 3 aromatic rings. The van der Waals surface area contributed by atoms with E-state index >= 15 is 0 Å². The van der Waals surface area contributed by atoms with E-state index in [1.165, 1.54) is 0 Å². The quantitative estimate of drug-likeness (QED) is 0.609. The third-order valence-electron chi connectivity index (χ3n) is 5.75. The monoisotopic (exact) mass is 403 g/mol. The maximum atomic E-state index is 12.9. The summed E-state index contributed by atoms with van der Waals surface area (Å²) in [5, 5.41) is 0. The van der Waals surface area contributed by atoms with Crippen LogP contribution in [0.3, 0.4) is 0 Å². The molecule has 154 valence electrons. The Morgan fingerprint density at radius 2 is 1.80 bits per heavy atom. The molecule has 1 heterocycles. The highest BCUT2D eigenvalue weighted by Gasteiger charge is 2.32. The van der Waals surface area contributed by atoms with E-state index in [0.717, 1.165) is 22.6 Å². The largest absolute Gasteiger partial charge is 0.497 e. The lowest BCUT2D eigenvalue weighted by Gasteiger charge is -2.22. The number of carbonyl (C=O) groups excluding carboxylic acids is 2. The number of fused-ring (bicyclic) bond motifs is 1. The SMILES string of the molecule is COc1ccc([C@@H]2CC(=O)c3c([nH]c(C(=O)OCCc4ccccc4)c3C)C2)cc1. The second-order valence-corrected chi connectivity index (χ2v) is 7.65. The zero-order chi connectivity index (χ0) is 21.1. The molecule has 0 radical (unpaired) electrons. The maximum absolute atomic E-state index is 12.9. The van der Waals surface area contributed by atoms with Crippen LogP contribution in [0.4, 0.5) is 0 Å². The van der Waals surface area contributed by atoms with Gasteiger partial charge >= 0.3 is 5.97 Å². The van der Waals surface area contributed by atoms with Gasteiger partial charge in [0.05, 0.1) is 13.7 Å². The predicted octanol–water partition coefficient (Wildman–Crippen LogP) is 4.64. The summed E-state index contributed by atoms with van der Waals surface area (Å²) in [6.45, 7) is 2.11. The summed E-state index contributed by atoms with van der Waals surface area (Å²) in [5.74, 6) is 0.523. The van der Waals surface area contributed by atoms with Crippen LogP contribution in [0.5, 0.6) is 5.75 Å². The Morgan fingerprint density at radius 3 is 2.50 bits per heavy atom. The van der Waals surface area contributed by atoms with Gasteiger partial charge in [-0.15, -0.1) is 0 Å². The predicted molar refractivity (Wildman–Crippen MR) is 114 cm³/mol. The molecular formula is C25H25NO4. The second kappa shape index (κ2) is 8.57. The summed E-state index contributed by atoms with van der Waals surface area (Å²) < 4.78 is 10.7. The molecule has 1 atom stereocenters. The molecule has 0 unspecified atom stereocenters. The van der Waals surface area contributed by atoms with Crippen LogP contribution in [-0.4, -0.2) is 30.5 Å². The highest BCUT2D eigenvalue weighted by Crippen LogP contribution is 2.35. The van der Waals surface area contributed by atoms with Gasteiger partial charge in [0, 0.05) is 24.1 Å². The van der Waals surface area contributed by atoms with Gasteiger partial charge in [-0.3, -0.25) is 4.79 Å². The Labute approximate surface area is 176 Å². The third kappa shape index (κ3) is 4.01. The van der Waals surface area contributed by atoms with Gasteiger partial charge in [0.1, 0.15) is 11.4 Å². The highest BCUT2D eigenvalue weighted by molar-refractivity contribution is 6.03. The fraction of sp³-hybridized carbons (Fsp3) is 0.280. The molecule has 0 saturated heterocycles. The second-order valence-electron chi connectivity index (χ2n) is 7.65. The van der Waals surface area contributed by atoms with Gasteiger partial charge < -0.3 is 14.5 Å². The first-order chi connectivity index (χ1) is 14.6. The van der Waals surface area contributed by atoms with E-state index in [1.54, 1.807) is 7.11 Å². The van der Waals surface area contributed by atoms with Crippen molar-refractivity contribution >= 4 is 11.8 Å². The lowest BCUT2D eigenvalue weighted by Crippen LogP contribution is -2.18. The number of carbonyl (C=O) groups is 2. The minimum atomic E-state index is -0.411. The minimum absolute atomic E-state index is 0.0640. The van der Waals surface area contributed by atoms with Gasteiger partial charge in [0.25, 0.3) is 0 Å². The van der Waals surface area contributed by atoms with E-state index < -0.39 is 5.97 Å². The van der Waals surface area contributed by atoms with Crippen molar-refractivity contribution in [1.82, 2.24) is 4.98 Å². The standard InChI is InChI=1S/C25H25NO4/c1-16-23-21(14-19(15-22(23)27)18-8-10-20(29-2)11-9-18)26-24(16)25(28)30-13-12-17-6-4-3-5-7-17/h3-11,19,26H,12-15H2,1-2H3/t19-/m0/s1. The third-order valence-corrected chi connectivity index (χ3v) is 5.75. The van der Waals surface area contributed by atoms with Crippen LogP contribution in [0.15, 0.2) is 54.6 Å². The molecule has 1 N–H and O–H groups in total. The Kier molecular flexibility index (Phi) is 5.70. The Hall–Kier alpha value is -3.34. The molecule has 0 spiro atoms. The van der Waals surface area contributed by atoms with E-state index in [9.17, 15) is 9.59 Å². The van der Waals surface area contributed by atoms with Crippen molar-refractivity contribution in [2.45, 2.75) is 32.1 Å². The van der Waals surface area contributed by atoms with Crippen molar-refractivity contribution in [3.63, 3.8) is 0 Å². The van der Waals surface area contributed by atoms with E-state index in [4.69, 9.17) is 9.47 Å². The van der Waals surface area contributed by atoms with E-state index in [-0.39, 0.29) is 11.7 Å². The number of rotatable bonds is 6. The Bertz CT molecular complexity index is 1050. The van der Waals surface area contributed by atoms with Gasteiger partial charge in [-0.2, -0.15) is 0 Å². The molecule has 5 heteroatoms. The molecule has 2 aromatic carbocycles. The van der Waals surface area contributed by atoms with Crippen molar-refractivity contribution in [2.75, 3.05) is 13.7 Å². The van der Waals surface area contributed by atoms with Gasteiger partial charge in [0.2, 0.25) is 0 Å². The van der Waals surface area contributed by atoms with Crippen LogP contribution in [0, 0.1) is 6.92 Å². The summed E-state index contributed by atoms with van der Waals surface area (Å²) in [5.41, 5.74) is 4.75. The van der Waals surface area contributed by atoms with Crippen LogP contribution in [0.1, 0.15) is 55.6 Å². The number of nitrogens with one attached hydrogen (secondary N) is 1. The minimum Gasteiger partial charge on any atom is -0.497 e. The summed E-state index contributed by atoms with van der Waals surface area (Å²) in [6, 6.07) is 17.7. The summed E-state index contributed by atoms with van der Waals surface area (Å²) in [6.07, 6.45) is 1.77. The molecule has 0 bridgehead atoms. The molecule has 0 fully saturated rings. The zero-order valence-electron chi connectivity index (χ0n) is 17.2. The van der Waals surface area contributed by atoms with Crippen molar-refractivity contribution < 1.29 is 19.1 Å². The number of methoxy groups -OCH3 is 1. The number of aromatic amines is 1. The number of Topliss-reactive ketones (excluding diaryl/α,β-unsaturated/α-hetero) is 1.